The summed E-state index contributed by atoms with van der Waals surface area (Å²) in [5.74, 6) is -0.121. The number of nitrogens with zero attached hydrogens (tertiary/aromatic N) is 1. The molecule has 3 rings (SSSR count). The highest BCUT2D eigenvalue weighted by Gasteiger charge is 2.13. The zero-order valence-electron chi connectivity index (χ0n) is 14.9. The summed E-state index contributed by atoms with van der Waals surface area (Å²) in [4.78, 5) is 16.7. The van der Waals surface area contributed by atoms with E-state index in [4.69, 9.17) is 0 Å². The van der Waals surface area contributed by atoms with Crippen LogP contribution in [0.1, 0.15) is 17.0 Å². The molecule has 142 valence electrons. The second-order valence-electron chi connectivity index (χ2n) is 6.14. The molecule has 0 atom stereocenters. The van der Waals surface area contributed by atoms with Gasteiger partial charge in [0, 0.05) is 25.9 Å². The Labute approximate surface area is 162 Å². The number of thiazole rings is 1. The average molecular weight is 404 g/mol. The van der Waals surface area contributed by atoms with Crippen LogP contribution in [0.3, 0.4) is 0 Å². The van der Waals surface area contributed by atoms with Crippen LogP contribution in [-0.2, 0) is 21.2 Å². The highest BCUT2D eigenvalue weighted by atomic mass is 32.2. The molecule has 1 heterocycles. The van der Waals surface area contributed by atoms with Crippen molar-refractivity contribution in [3.63, 3.8) is 0 Å². The van der Waals surface area contributed by atoms with Gasteiger partial charge in [0.1, 0.15) is 0 Å². The van der Waals surface area contributed by atoms with Gasteiger partial charge < -0.3 is 5.32 Å². The predicted molar refractivity (Wildman–Crippen MR) is 107 cm³/mol. The summed E-state index contributed by atoms with van der Waals surface area (Å²) in [5, 5.41) is 3.65. The molecule has 0 fully saturated rings. The van der Waals surface area contributed by atoms with E-state index < -0.39 is 10.0 Å². The molecule has 27 heavy (non-hydrogen) atoms. The SMILES string of the molecule is Cc1ccc(S(=O)(=O)NCCNC(=O)CCc2nc3ccccc3s2)cc1. The molecule has 0 bridgehead atoms. The molecule has 0 saturated carbocycles. The van der Waals surface area contributed by atoms with E-state index in [1.165, 1.54) is 0 Å². The summed E-state index contributed by atoms with van der Waals surface area (Å²) in [5.41, 5.74) is 1.94. The van der Waals surface area contributed by atoms with Gasteiger partial charge in [-0.25, -0.2) is 18.1 Å². The summed E-state index contributed by atoms with van der Waals surface area (Å²) in [7, 11) is -3.55. The van der Waals surface area contributed by atoms with Crippen molar-refractivity contribution in [3.8, 4) is 0 Å². The molecule has 1 amide bonds. The molecule has 0 spiro atoms. The van der Waals surface area contributed by atoms with Gasteiger partial charge in [0.05, 0.1) is 20.1 Å². The third kappa shape index (κ3) is 5.35. The molecule has 3 aromatic rings. The van der Waals surface area contributed by atoms with Crippen LogP contribution in [0.15, 0.2) is 53.4 Å². The number of rotatable bonds is 8. The third-order valence-corrected chi connectivity index (χ3v) is 6.55. The van der Waals surface area contributed by atoms with Crippen LogP contribution in [0.2, 0.25) is 0 Å². The summed E-state index contributed by atoms with van der Waals surface area (Å²) in [6.45, 7) is 2.28. The summed E-state index contributed by atoms with van der Waals surface area (Å²) < 4.78 is 27.9. The Morgan fingerprint density at radius 2 is 1.81 bits per heavy atom. The lowest BCUT2D eigenvalue weighted by Crippen LogP contribution is -2.34. The number of hydrogen-bond donors (Lipinski definition) is 2. The molecule has 8 heteroatoms. The first-order chi connectivity index (χ1) is 12.9. The molecule has 0 saturated heterocycles. The van der Waals surface area contributed by atoms with Crippen LogP contribution in [0.5, 0.6) is 0 Å². The Bertz CT molecular complexity index is 995. The fourth-order valence-electron chi connectivity index (χ4n) is 2.52. The fourth-order valence-corrected chi connectivity index (χ4v) is 4.52. The van der Waals surface area contributed by atoms with Gasteiger partial charge in [0.2, 0.25) is 15.9 Å². The highest BCUT2D eigenvalue weighted by molar-refractivity contribution is 7.89. The predicted octanol–water partition coefficient (Wildman–Crippen LogP) is 2.63. The van der Waals surface area contributed by atoms with Crippen molar-refractivity contribution in [1.29, 1.82) is 0 Å². The van der Waals surface area contributed by atoms with Crippen molar-refractivity contribution in [2.45, 2.75) is 24.7 Å². The van der Waals surface area contributed by atoms with Crippen LogP contribution >= 0.6 is 11.3 Å². The maximum absolute atomic E-state index is 12.2. The maximum Gasteiger partial charge on any atom is 0.240 e. The molecular formula is C19H21N3O3S2. The second kappa shape index (κ2) is 8.60. The van der Waals surface area contributed by atoms with Gasteiger partial charge in [0.15, 0.2) is 0 Å². The van der Waals surface area contributed by atoms with Gasteiger partial charge in [-0.2, -0.15) is 0 Å². The van der Waals surface area contributed by atoms with Crippen molar-refractivity contribution < 1.29 is 13.2 Å². The summed E-state index contributed by atoms with van der Waals surface area (Å²) >= 11 is 1.59. The molecule has 2 aromatic carbocycles. The highest BCUT2D eigenvalue weighted by Crippen LogP contribution is 2.22. The number of fused-ring (bicyclic) bond motifs is 1. The van der Waals surface area contributed by atoms with E-state index in [9.17, 15) is 13.2 Å². The number of para-hydroxylation sites is 1. The van der Waals surface area contributed by atoms with E-state index in [0.717, 1.165) is 20.8 Å². The lowest BCUT2D eigenvalue weighted by atomic mass is 10.2. The minimum atomic E-state index is -3.55. The molecule has 0 aliphatic carbocycles. The van der Waals surface area contributed by atoms with Crippen LogP contribution in [0.4, 0.5) is 0 Å². The number of aromatic nitrogens is 1. The quantitative estimate of drug-likeness (QED) is 0.566. The second-order valence-corrected chi connectivity index (χ2v) is 9.02. The van der Waals surface area contributed by atoms with E-state index in [1.807, 2.05) is 31.2 Å². The average Bonchev–Trinajstić information content (AvgIpc) is 3.07. The van der Waals surface area contributed by atoms with Crippen LogP contribution in [-0.4, -0.2) is 32.4 Å². The Balaban J connectivity index is 1.41. The first-order valence-corrected chi connectivity index (χ1v) is 10.9. The van der Waals surface area contributed by atoms with E-state index in [2.05, 4.69) is 15.0 Å². The van der Waals surface area contributed by atoms with E-state index in [1.54, 1.807) is 35.6 Å². The molecule has 6 nitrogen and oxygen atoms in total. The van der Waals surface area contributed by atoms with Gasteiger partial charge >= 0.3 is 0 Å². The van der Waals surface area contributed by atoms with Gasteiger partial charge in [-0.3, -0.25) is 4.79 Å². The molecule has 0 aliphatic heterocycles. The largest absolute Gasteiger partial charge is 0.355 e. The monoisotopic (exact) mass is 403 g/mol. The maximum atomic E-state index is 12.2. The lowest BCUT2D eigenvalue weighted by molar-refractivity contribution is -0.121. The number of benzene rings is 2. The molecular weight excluding hydrogens is 382 g/mol. The molecule has 2 N–H and O–H groups in total. The third-order valence-electron chi connectivity index (χ3n) is 3.97. The van der Waals surface area contributed by atoms with Crippen LogP contribution < -0.4 is 10.0 Å². The van der Waals surface area contributed by atoms with Gasteiger partial charge in [-0.05, 0) is 31.2 Å². The van der Waals surface area contributed by atoms with E-state index >= 15 is 0 Å². The normalized spacial score (nSPS) is 11.6. The Hall–Kier alpha value is -2.29. The Kier molecular flexibility index (Phi) is 6.20. The Morgan fingerprint density at radius 3 is 2.56 bits per heavy atom. The number of sulfonamides is 1. The van der Waals surface area contributed by atoms with Gasteiger partial charge in [-0.1, -0.05) is 29.8 Å². The standard InChI is InChI=1S/C19H21N3O3S2/c1-14-6-8-15(9-7-14)27(24,25)21-13-12-20-18(23)10-11-19-22-16-4-2-3-5-17(16)26-19/h2-9,21H,10-13H2,1H3,(H,20,23). The number of amides is 1. The topological polar surface area (TPSA) is 88.2 Å². The zero-order chi connectivity index (χ0) is 19.3. The van der Waals surface area contributed by atoms with E-state index in [0.29, 0.717) is 12.8 Å². The smallest absolute Gasteiger partial charge is 0.240 e. The number of nitrogens with one attached hydrogen (secondary N) is 2. The number of carbonyl (C=O) groups excluding carboxylic acids is 1. The van der Waals surface area contributed by atoms with Crippen molar-refractivity contribution in [2.24, 2.45) is 0 Å². The van der Waals surface area contributed by atoms with Crippen molar-refractivity contribution in [2.75, 3.05) is 13.1 Å². The van der Waals surface area contributed by atoms with Crippen molar-refractivity contribution >= 4 is 37.5 Å². The molecule has 0 radical (unpaired) electrons. The number of aryl methyl sites for hydroxylation is 2. The molecule has 0 aliphatic rings. The summed E-state index contributed by atoms with van der Waals surface area (Å²) in [6.07, 6.45) is 0.894. The summed E-state index contributed by atoms with van der Waals surface area (Å²) in [6, 6.07) is 14.5. The van der Waals surface area contributed by atoms with Gasteiger partial charge in [-0.15, -0.1) is 11.3 Å². The number of carbonyl (C=O) groups is 1. The van der Waals surface area contributed by atoms with E-state index in [-0.39, 0.29) is 23.9 Å². The fraction of sp³-hybridized carbons (Fsp3) is 0.263. The van der Waals surface area contributed by atoms with Crippen molar-refractivity contribution in [1.82, 2.24) is 15.0 Å². The minimum Gasteiger partial charge on any atom is -0.355 e. The zero-order valence-corrected chi connectivity index (χ0v) is 16.6. The first kappa shape index (κ1) is 19.5. The van der Waals surface area contributed by atoms with Gasteiger partial charge in [0.25, 0.3) is 0 Å². The first-order valence-electron chi connectivity index (χ1n) is 8.61. The van der Waals surface area contributed by atoms with Crippen molar-refractivity contribution in [3.05, 3.63) is 59.1 Å². The molecule has 0 unspecified atom stereocenters. The lowest BCUT2D eigenvalue weighted by Gasteiger charge is -2.08. The van der Waals surface area contributed by atoms with Crippen LogP contribution in [0, 0.1) is 6.92 Å². The Morgan fingerprint density at radius 1 is 1.07 bits per heavy atom. The molecule has 1 aromatic heterocycles. The minimum absolute atomic E-state index is 0.121. The van der Waals surface area contributed by atoms with Crippen LogP contribution in [0.25, 0.3) is 10.2 Å². The number of hydrogen-bond acceptors (Lipinski definition) is 5.